The Balaban J connectivity index is 1.54. The standard InChI is InChI=1S/C27H16Cl3NO2/c28-20-7-4-8-21(16-20)31-25(17-5-2-1-3-6-17)15-19(27(31)32)13-22-10-12-26(33-22)18-9-11-23(29)24(30)14-18/h1-16H. The van der Waals surface area contributed by atoms with Crippen LogP contribution in [0.25, 0.3) is 23.1 Å². The summed E-state index contributed by atoms with van der Waals surface area (Å²) in [6, 6.07) is 25.9. The number of halogens is 3. The Morgan fingerprint density at radius 1 is 0.758 bits per heavy atom. The Hall–Kier alpha value is -3.24. The molecule has 1 aliphatic rings. The van der Waals surface area contributed by atoms with Gasteiger partial charge in [0.25, 0.3) is 5.91 Å². The monoisotopic (exact) mass is 491 g/mol. The van der Waals surface area contributed by atoms with Crippen LogP contribution in [-0.4, -0.2) is 5.91 Å². The van der Waals surface area contributed by atoms with Gasteiger partial charge >= 0.3 is 0 Å². The van der Waals surface area contributed by atoms with Crippen LogP contribution in [0.1, 0.15) is 11.3 Å². The molecule has 33 heavy (non-hydrogen) atoms. The van der Waals surface area contributed by atoms with E-state index in [-0.39, 0.29) is 5.91 Å². The lowest BCUT2D eigenvalue weighted by atomic mass is 10.1. The number of anilines is 1. The molecule has 3 nitrogen and oxygen atoms in total. The number of furan rings is 1. The molecule has 0 fully saturated rings. The second-order valence-corrected chi connectivity index (χ2v) is 8.70. The van der Waals surface area contributed by atoms with Crippen molar-refractivity contribution in [2.24, 2.45) is 0 Å². The second kappa shape index (κ2) is 8.95. The Morgan fingerprint density at radius 3 is 2.33 bits per heavy atom. The van der Waals surface area contributed by atoms with Crippen molar-refractivity contribution in [1.82, 2.24) is 0 Å². The van der Waals surface area contributed by atoms with Crippen molar-refractivity contribution in [3.8, 4) is 11.3 Å². The van der Waals surface area contributed by atoms with Gasteiger partial charge in [-0.25, -0.2) is 0 Å². The average Bonchev–Trinajstić information content (AvgIpc) is 3.41. The lowest BCUT2D eigenvalue weighted by Gasteiger charge is -2.21. The molecule has 0 atom stereocenters. The van der Waals surface area contributed by atoms with Gasteiger partial charge in [0.15, 0.2) is 0 Å². The maximum atomic E-state index is 13.5. The fourth-order valence-corrected chi connectivity index (χ4v) is 4.18. The molecular formula is C27H16Cl3NO2. The van der Waals surface area contributed by atoms with Crippen molar-refractivity contribution in [2.75, 3.05) is 4.90 Å². The minimum absolute atomic E-state index is 0.163. The van der Waals surface area contributed by atoms with Crippen molar-refractivity contribution in [1.29, 1.82) is 0 Å². The molecule has 1 amide bonds. The molecule has 0 radical (unpaired) electrons. The van der Waals surface area contributed by atoms with E-state index in [0.717, 1.165) is 16.8 Å². The SMILES string of the molecule is O=C1C(=Cc2ccc(-c3ccc(Cl)c(Cl)c3)o2)C=C(c2ccccc2)N1c1cccc(Cl)c1. The first kappa shape index (κ1) is 21.6. The van der Waals surface area contributed by atoms with Gasteiger partial charge in [0.1, 0.15) is 11.5 Å². The highest BCUT2D eigenvalue weighted by atomic mass is 35.5. The number of carbonyl (C=O) groups excluding carboxylic acids is 1. The summed E-state index contributed by atoms with van der Waals surface area (Å²) in [5, 5.41) is 1.48. The summed E-state index contributed by atoms with van der Waals surface area (Å²) in [4.78, 5) is 15.1. The van der Waals surface area contributed by atoms with Crippen LogP contribution in [0.15, 0.2) is 101 Å². The minimum atomic E-state index is -0.163. The fraction of sp³-hybridized carbons (Fsp3) is 0. The molecule has 162 valence electrons. The highest BCUT2D eigenvalue weighted by molar-refractivity contribution is 6.42. The third-order valence-electron chi connectivity index (χ3n) is 5.25. The van der Waals surface area contributed by atoms with Gasteiger partial charge in [0.2, 0.25) is 0 Å². The molecule has 4 aromatic rings. The predicted octanol–water partition coefficient (Wildman–Crippen LogP) is 8.38. The molecule has 0 bridgehead atoms. The van der Waals surface area contributed by atoms with Crippen LogP contribution in [-0.2, 0) is 4.79 Å². The molecule has 0 aliphatic carbocycles. The molecule has 0 saturated carbocycles. The summed E-state index contributed by atoms with van der Waals surface area (Å²) in [6.07, 6.45) is 3.59. The maximum Gasteiger partial charge on any atom is 0.263 e. The Kier molecular flexibility index (Phi) is 5.86. The van der Waals surface area contributed by atoms with Crippen molar-refractivity contribution in [2.45, 2.75) is 0 Å². The van der Waals surface area contributed by atoms with Gasteiger partial charge in [0, 0.05) is 16.2 Å². The van der Waals surface area contributed by atoms with Crippen LogP contribution < -0.4 is 4.90 Å². The topological polar surface area (TPSA) is 33.5 Å². The Morgan fingerprint density at radius 2 is 1.58 bits per heavy atom. The third kappa shape index (κ3) is 4.36. The number of amides is 1. The Labute approximate surface area is 206 Å². The molecule has 1 aliphatic heterocycles. The van der Waals surface area contributed by atoms with E-state index >= 15 is 0 Å². The first-order valence-electron chi connectivity index (χ1n) is 10.1. The summed E-state index contributed by atoms with van der Waals surface area (Å²) in [5.74, 6) is 1.02. The quantitative estimate of drug-likeness (QED) is 0.268. The molecular weight excluding hydrogens is 477 g/mol. The van der Waals surface area contributed by atoms with Crippen LogP contribution in [0.4, 0.5) is 5.69 Å². The van der Waals surface area contributed by atoms with Gasteiger partial charge in [-0.1, -0.05) is 71.2 Å². The van der Waals surface area contributed by atoms with Crippen LogP contribution in [0.3, 0.4) is 0 Å². The number of carbonyl (C=O) groups is 1. The molecule has 0 saturated heterocycles. The summed E-state index contributed by atoms with van der Waals surface area (Å²) in [7, 11) is 0. The predicted molar refractivity (Wildman–Crippen MR) is 135 cm³/mol. The zero-order valence-corrected chi connectivity index (χ0v) is 19.4. The Bertz CT molecular complexity index is 1420. The van der Waals surface area contributed by atoms with E-state index in [1.54, 1.807) is 35.2 Å². The second-order valence-electron chi connectivity index (χ2n) is 7.45. The normalized spacial score (nSPS) is 14.8. The molecule has 2 heterocycles. The van der Waals surface area contributed by atoms with E-state index in [0.29, 0.717) is 37.8 Å². The molecule has 3 aromatic carbocycles. The fourth-order valence-electron chi connectivity index (χ4n) is 3.70. The summed E-state index contributed by atoms with van der Waals surface area (Å²) in [6.45, 7) is 0. The van der Waals surface area contributed by atoms with E-state index in [1.807, 2.05) is 66.7 Å². The summed E-state index contributed by atoms with van der Waals surface area (Å²) >= 11 is 18.4. The molecule has 5 rings (SSSR count). The van der Waals surface area contributed by atoms with Crippen molar-refractivity contribution >= 4 is 58.2 Å². The number of benzene rings is 3. The highest BCUT2D eigenvalue weighted by Gasteiger charge is 2.30. The lowest BCUT2D eigenvalue weighted by Crippen LogP contribution is -2.24. The summed E-state index contributed by atoms with van der Waals surface area (Å²) in [5.41, 5.74) is 3.69. The largest absolute Gasteiger partial charge is 0.457 e. The van der Waals surface area contributed by atoms with Gasteiger partial charge in [0.05, 0.1) is 21.4 Å². The maximum absolute atomic E-state index is 13.5. The third-order valence-corrected chi connectivity index (χ3v) is 6.22. The summed E-state index contributed by atoms with van der Waals surface area (Å²) < 4.78 is 5.98. The molecule has 0 spiro atoms. The first-order chi connectivity index (χ1) is 16.0. The van der Waals surface area contributed by atoms with Crippen molar-refractivity contribution in [3.05, 3.63) is 123 Å². The number of hydrogen-bond acceptors (Lipinski definition) is 2. The van der Waals surface area contributed by atoms with Crippen LogP contribution in [0, 0.1) is 0 Å². The van der Waals surface area contributed by atoms with Crippen LogP contribution in [0.2, 0.25) is 15.1 Å². The van der Waals surface area contributed by atoms with Gasteiger partial charge in [-0.2, -0.15) is 0 Å². The van der Waals surface area contributed by atoms with E-state index in [9.17, 15) is 4.79 Å². The van der Waals surface area contributed by atoms with Crippen molar-refractivity contribution < 1.29 is 9.21 Å². The van der Waals surface area contributed by atoms with E-state index in [1.165, 1.54) is 0 Å². The molecule has 6 heteroatoms. The van der Waals surface area contributed by atoms with Gasteiger partial charge in [-0.15, -0.1) is 0 Å². The van der Waals surface area contributed by atoms with Gasteiger partial charge in [-0.3, -0.25) is 9.69 Å². The number of hydrogen-bond donors (Lipinski definition) is 0. The lowest BCUT2D eigenvalue weighted by molar-refractivity contribution is -0.113. The van der Waals surface area contributed by atoms with Crippen LogP contribution in [0.5, 0.6) is 0 Å². The number of nitrogens with zero attached hydrogens (tertiary/aromatic N) is 1. The molecule has 0 unspecified atom stereocenters. The number of rotatable bonds is 4. The minimum Gasteiger partial charge on any atom is -0.457 e. The smallest absolute Gasteiger partial charge is 0.263 e. The first-order valence-corrected chi connectivity index (χ1v) is 11.3. The van der Waals surface area contributed by atoms with Gasteiger partial charge < -0.3 is 4.42 Å². The molecule has 0 N–H and O–H groups in total. The zero-order valence-electron chi connectivity index (χ0n) is 17.1. The van der Waals surface area contributed by atoms with Crippen molar-refractivity contribution in [3.63, 3.8) is 0 Å². The van der Waals surface area contributed by atoms with E-state index in [4.69, 9.17) is 39.2 Å². The van der Waals surface area contributed by atoms with Crippen LogP contribution >= 0.6 is 34.8 Å². The molecule has 1 aromatic heterocycles. The highest BCUT2D eigenvalue weighted by Crippen LogP contribution is 2.37. The van der Waals surface area contributed by atoms with E-state index in [2.05, 4.69) is 0 Å². The van der Waals surface area contributed by atoms with E-state index < -0.39 is 0 Å². The average molecular weight is 493 g/mol. The van der Waals surface area contributed by atoms with Gasteiger partial charge in [-0.05, 0) is 66.2 Å². The zero-order chi connectivity index (χ0) is 22.9.